The normalized spacial score (nSPS) is 12.3. The van der Waals surface area contributed by atoms with Crippen LogP contribution in [0, 0.1) is 0 Å². The quantitative estimate of drug-likeness (QED) is 0.859. The summed E-state index contributed by atoms with van der Waals surface area (Å²) >= 11 is 0. The van der Waals surface area contributed by atoms with Crippen molar-refractivity contribution in [1.82, 2.24) is 4.98 Å². The molecule has 0 spiro atoms. The highest BCUT2D eigenvalue weighted by atomic mass is 32.2. The van der Waals surface area contributed by atoms with Gasteiger partial charge in [-0.25, -0.2) is 8.42 Å². The van der Waals surface area contributed by atoms with Crippen LogP contribution in [0.3, 0.4) is 0 Å². The molecule has 1 heterocycles. The SMILES string of the molecule is CS(=O)(=O)c1ccccc1-c1ccc(S(=O)(=O)O)cn1. The van der Waals surface area contributed by atoms with Crippen LogP contribution in [-0.4, -0.2) is 32.6 Å². The van der Waals surface area contributed by atoms with Crippen molar-refractivity contribution in [3.8, 4) is 11.3 Å². The van der Waals surface area contributed by atoms with Crippen LogP contribution in [0.4, 0.5) is 0 Å². The molecule has 0 bridgehead atoms. The van der Waals surface area contributed by atoms with E-state index in [2.05, 4.69) is 4.98 Å². The van der Waals surface area contributed by atoms with E-state index in [1.54, 1.807) is 18.2 Å². The molecule has 0 atom stereocenters. The fraction of sp³-hybridized carbons (Fsp3) is 0.0833. The number of rotatable bonds is 3. The molecule has 1 aromatic heterocycles. The third-order valence-electron chi connectivity index (χ3n) is 2.60. The average Bonchev–Trinajstić information content (AvgIpc) is 2.37. The minimum Gasteiger partial charge on any atom is -0.282 e. The molecule has 1 aromatic carbocycles. The van der Waals surface area contributed by atoms with Gasteiger partial charge < -0.3 is 0 Å². The lowest BCUT2D eigenvalue weighted by Crippen LogP contribution is -2.02. The number of aromatic nitrogens is 1. The molecule has 20 heavy (non-hydrogen) atoms. The van der Waals surface area contributed by atoms with Gasteiger partial charge in [-0.3, -0.25) is 9.54 Å². The first kappa shape index (κ1) is 14.6. The zero-order valence-electron chi connectivity index (χ0n) is 10.4. The lowest BCUT2D eigenvalue weighted by Gasteiger charge is -2.07. The Labute approximate surface area is 116 Å². The Kier molecular flexibility index (Phi) is 3.63. The maximum absolute atomic E-state index is 11.7. The zero-order valence-corrected chi connectivity index (χ0v) is 12.0. The van der Waals surface area contributed by atoms with E-state index in [9.17, 15) is 16.8 Å². The van der Waals surface area contributed by atoms with E-state index in [1.807, 2.05) is 0 Å². The van der Waals surface area contributed by atoms with Gasteiger partial charge in [-0.15, -0.1) is 0 Å². The van der Waals surface area contributed by atoms with E-state index in [0.29, 0.717) is 11.3 Å². The van der Waals surface area contributed by atoms with Crippen LogP contribution < -0.4 is 0 Å². The summed E-state index contributed by atoms with van der Waals surface area (Å²) in [6, 6.07) is 8.77. The van der Waals surface area contributed by atoms with Crippen molar-refractivity contribution in [2.75, 3.05) is 6.26 Å². The molecule has 0 aliphatic rings. The zero-order chi connectivity index (χ0) is 15.0. The largest absolute Gasteiger partial charge is 0.296 e. The summed E-state index contributed by atoms with van der Waals surface area (Å²) in [6.07, 6.45) is 2.06. The molecule has 8 heteroatoms. The fourth-order valence-corrected chi connectivity index (χ4v) is 3.02. The van der Waals surface area contributed by atoms with Crippen molar-refractivity contribution in [3.63, 3.8) is 0 Å². The molecular weight excluding hydrogens is 302 g/mol. The van der Waals surface area contributed by atoms with Crippen LogP contribution in [0.1, 0.15) is 0 Å². The summed E-state index contributed by atoms with van der Waals surface area (Å²) in [6.45, 7) is 0. The van der Waals surface area contributed by atoms with Crippen molar-refractivity contribution in [1.29, 1.82) is 0 Å². The standard InChI is InChI=1S/C12H11NO5S2/c1-19(14,15)12-5-3-2-4-10(12)11-7-6-9(8-13-11)20(16,17)18/h2-8H,1H3,(H,16,17,18). The Morgan fingerprint density at radius 2 is 1.65 bits per heavy atom. The van der Waals surface area contributed by atoms with Gasteiger partial charge in [-0.1, -0.05) is 18.2 Å². The third-order valence-corrected chi connectivity index (χ3v) is 4.59. The summed E-state index contributed by atoms with van der Waals surface area (Å²) in [4.78, 5) is 3.64. The molecule has 106 valence electrons. The lowest BCUT2D eigenvalue weighted by atomic mass is 10.1. The topological polar surface area (TPSA) is 101 Å². The summed E-state index contributed by atoms with van der Waals surface area (Å²) in [5.74, 6) is 0. The first-order valence-electron chi connectivity index (χ1n) is 5.42. The number of hydrogen-bond donors (Lipinski definition) is 1. The Hall–Kier alpha value is -1.77. The molecule has 0 fully saturated rings. The van der Waals surface area contributed by atoms with Gasteiger partial charge in [-0.05, 0) is 18.2 Å². The molecular formula is C12H11NO5S2. The Bertz CT molecular complexity index is 840. The predicted molar refractivity (Wildman–Crippen MR) is 72.6 cm³/mol. The second-order valence-corrected chi connectivity index (χ2v) is 7.53. The molecule has 2 aromatic rings. The van der Waals surface area contributed by atoms with E-state index in [0.717, 1.165) is 18.5 Å². The number of hydrogen-bond acceptors (Lipinski definition) is 5. The minimum absolute atomic E-state index is 0.104. The number of pyridine rings is 1. The van der Waals surface area contributed by atoms with Gasteiger partial charge in [0.2, 0.25) is 0 Å². The van der Waals surface area contributed by atoms with Gasteiger partial charge >= 0.3 is 0 Å². The van der Waals surface area contributed by atoms with Crippen LogP contribution in [0.25, 0.3) is 11.3 Å². The van der Waals surface area contributed by atoms with Crippen molar-refractivity contribution >= 4 is 20.0 Å². The highest BCUT2D eigenvalue weighted by molar-refractivity contribution is 7.90. The average molecular weight is 313 g/mol. The maximum atomic E-state index is 11.7. The summed E-state index contributed by atoms with van der Waals surface area (Å²) in [7, 11) is -7.75. The second kappa shape index (κ2) is 4.97. The predicted octanol–water partition coefficient (Wildman–Crippen LogP) is 1.40. The van der Waals surface area contributed by atoms with Crippen molar-refractivity contribution < 1.29 is 21.4 Å². The third kappa shape index (κ3) is 3.03. The minimum atomic E-state index is -4.32. The van der Waals surface area contributed by atoms with Gasteiger partial charge in [0.05, 0.1) is 10.6 Å². The summed E-state index contributed by atoms with van der Waals surface area (Å²) in [5.41, 5.74) is 0.676. The molecule has 1 N–H and O–H groups in total. The Morgan fingerprint density at radius 1 is 1.00 bits per heavy atom. The van der Waals surface area contributed by atoms with Gasteiger partial charge in [0.15, 0.2) is 9.84 Å². The number of nitrogens with zero attached hydrogens (tertiary/aromatic N) is 1. The first-order valence-corrected chi connectivity index (χ1v) is 8.76. The molecule has 0 radical (unpaired) electrons. The molecule has 6 nitrogen and oxygen atoms in total. The lowest BCUT2D eigenvalue weighted by molar-refractivity contribution is 0.483. The maximum Gasteiger partial charge on any atom is 0.296 e. The van der Waals surface area contributed by atoms with Gasteiger partial charge in [0.25, 0.3) is 10.1 Å². The summed E-state index contributed by atoms with van der Waals surface area (Å²) < 4.78 is 54.1. The number of sulfone groups is 1. The van der Waals surface area contributed by atoms with Crippen LogP contribution in [0.5, 0.6) is 0 Å². The summed E-state index contributed by atoms with van der Waals surface area (Å²) in [5, 5.41) is 0. The molecule has 0 aliphatic carbocycles. The first-order chi connectivity index (χ1) is 9.19. The van der Waals surface area contributed by atoms with E-state index >= 15 is 0 Å². The van der Waals surface area contributed by atoms with E-state index in [4.69, 9.17) is 4.55 Å². The van der Waals surface area contributed by atoms with E-state index in [-0.39, 0.29) is 9.79 Å². The highest BCUT2D eigenvalue weighted by Gasteiger charge is 2.16. The Morgan fingerprint density at radius 3 is 2.15 bits per heavy atom. The van der Waals surface area contributed by atoms with Crippen LogP contribution in [0.15, 0.2) is 52.4 Å². The van der Waals surface area contributed by atoms with Gasteiger partial charge in [0.1, 0.15) is 4.90 Å². The van der Waals surface area contributed by atoms with Crippen LogP contribution >= 0.6 is 0 Å². The molecule has 0 saturated carbocycles. The van der Waals surface area contributed by atoms with Gasteiger partial charge in [-0.2, -0.15) is 8.42 Å². The van der Waals surface area contributed by atoms with Crippen molar-refractivity contribution in [2.24, 2.45) is 0 Å². The van der Waals surface area contributed by atoms with Crippen molar-refractivity contribution in [3.05, 3.63) is 42.6 Å². The fourth-order valence-electron chi connectivity index (χ4n) is 1.69. The molecule has 2 rings (SSSR count). The molecule has 0 unspecified atom stereocenters. The van der Waals surface area contributed by atoms with E-state index < -0.39 is 20.0 Å². The van der Waals surface area contributed by atoms with Gasteiger partial charge in [0, 0.05) is 18.0 Å². The molecule has 0 saturated heterocycles. The molecule has 0 amide bonds. The van der Waals surface area contributed by atoms with E-state index in [1.165, 1.54) is 12.1 Å². The Balaban J connectivity index is 2.59. The van der Waals surface area contributed by atoms with Crippen molar-refractivity contribution in [2.45, 2.75) is 9.79 Å². The highest BCUT2D eigenvalue weighted by Crippen LogP contribution is 2.26. The van der Waals surface area contributed by atoms with Crippen LogP contribution in [-0.2, 0) is 20.0 Å². The smallest absolute Gasteiger partial charge is 0.282 e. The monoisotopic (exact) mass is 313 g/mol. The molecule has 0 aliphatic heterocycles. The second-order valence-electron chi connectivity index (χ2n) is 4.12. The number of benzene rings is 1. The van der Waals surface area contributed by atoms with Crippen LogP contribution in [0.2, 0.25) is 0 Å².